The van der Waals surface area contributed by atoms with Gasteiger partial charge in [0.25, 0.3) is 5.91 Å². The van der Waals surface area contributed by atoms with E-state index < -0.39 is 11.5 Å². The van der Waals surface area contributed by atoms with E-state index in [1.165, 1.54) is 11.3 Å². The molecule has 0 atom stereocenters. The highest BCUT2D eigenvalue weighted by Crippen LogP contribution is 2.35. The zero-order valence-electron chi connectivity index (χ0n) is 11.8. The Hall–Kier alpha value is -1.59. The Kier molecular flexibility index (Phi) is 4.54. The van der Waals surface area contributed by atoms with Gasteiger partial charge >= 0.3 is 5.97 Å². The summed E-state index contributed by atoms with van der Waals surface area (Å²) in [6, 6.07) is 7.56. The number of nitrogens with one attached hydrogen (secondary N) is 1. The van der Waals surface area contributed by atoms with Crippen LogP contribution in [0.4, 0.5) is 0 Å². The predicted octanol–water partition coefficient (Wildman–Crippen LogP) is 3.93. The fraction of sp³-hybridized carbons (Fsp3) is 0.333. The van der Waals surface area contributed by atoms with Crippen molar-refractivity contribution < 1.29 is 14.7 Å². The second-order valence-electron chi connectivity index (χ2n) is 5.47. The number of hydrogen-bond acceptors (Lipinski definition) is 3. The first-order chi connectivity index (χ1) is 9.80. The zero-order valence-corrected chi connectivity index (χ0v) is 13.3. The Balaban J connectivity index is 2.18. The monoisotopic (exact) mass is 325 g/mol. The molecule has 6 heteroatoms. The fourth-order valence-corrected chi connectivity index (χ4v) is 3.42. The van der Waals surface area contributed by atoms with E-state index in [1.807, 2.05) is 24.3 Å². The summed E-state index contributed by atoms with van der Waals surface area (Å²) >= 11 is 7.60. The van der Waals surface area contributed by atoms with Gasteiger partial charge in [0.2, 0.25) is 0 Å². The maximum atomic E-state index is 12.4. The molecule has 2 aromatic rings. The lowest BCUT2D eigenvalue weighted by Gasteiger charge is -2.25. The summed E-state index contributed by atoms with van der Waals surface area (Å²) in [4.78, 5) is 23.5. The molecule has 0 fully saturated rings. The van der Waals surface area contributed by atoms with E-state index in [4.69, 9.17) is 16.7 Å². The van der Waals surface area contributed by atoms with Crippen LogP contribution < -0.4 is 5.32 Å². The number of rotatable bonds is 5. The normalized spacial score (nSPS) is 11.6. The Morgan fingerprint density at radius 3 is 2.62 bits per heavy atom. The lowest BCUT2D eigenvalue weighted by atomic mass is 9.98. The van der Waals surface area contributed by atoms with E-state index in [2.05, 4.69) is 5.32 Å². The van der Waals surface area contributed by atoms with Gasteiger partial charge in [-0.1, -0.05) is 29.8 Å². The van der Waals surface area contributed by atoms with Crippen LogP contribution in [0.1, 0.15) is 36.4 Å². The van der Waals surface area contributed by atoms with Gasteiger partial charge in [0.1, 0.15) is 4.88 Å². The molecular formula is C15H16ClNO3S. The lowest BCUT2D eigenvalue weighted by Crippen LogP contribution is -2.43. The molecule has 0 radical (unpaired) electrons. The van der Waals surface area contributed by atoms with E-state index in [-0.39, 0.29) is 12.3 Å². The molecule has 0 aliphatic heterocycles. The van der Waals surface area contributed by atoms with Gasteiger partial charge in [0.15, 0.2) is 0 Å². The van der Waals surface area contributed by atoms with Crippen LogP contribution in [-0.4, -0.2) is 22.5 Å². The van der Waals surface area contributed by atoms with Crippen LogP contribution in [0.25, 0.3) is 10.1 Å². The summed E-state index contributed by atoms with van der Waals surface area (Å²) in [7, 11) is 0. The molecule has 0 spiro atoms. The Bertz CT molecular complexity index is 693. The van der Waals surface area contributed by atoms with Gasteiger partial charge in [-0.3, -0.25) is 9.59 Å². The first-order valence-corrected chi connectivity index (χ1v) is 7.71. The molecule has 1 amide bonds. The van der Waals surface area contributed by atoms with Crippen molar-refractivity contribution >= 4 is 44.9 Å². The maximum Gasteiger partial charge on any atom is 0.303 e. The van der Waals surface area contributed by atoms with Crippen LogP contribution in [0.3, 0.4) is 0 Å². The maximum absolute atomic E-state index is 12.4. The number of fused-ring (bicyclic) bond motifs is 1. The SMILES string of the molecule is CC(C)(CCC(=O)O)NC(=O)c1sc2ccccc2c1Cl. The van der Waals surface area contributed by atoms with Gasteiger partial charge in [0.05, 0.1) is 5.02 Å². The van der Waals surface area contributed by atoms with Crippen molar-refractivity contribution in [1.82, 2.24) is 5.32 Å². The highest BCUT2D eigenvalue weighted by Gasteiger charge is 2.25. The quantitative estimate of drug-likeness (QED) is 0.875. The van der Waals surface area contributed by atoms with Crippen LogP contribution in [0.2, 0.25) is 5.02 Å². The van der Waals surface area contributed by atoms with Gasteiger partial charge in [0, 0.05) is 22.0 Å². The van der Waals surface area contributed by atoms with E-state index in [0.29, 0.717) is 16.3 Å². The lowest BCUT2D eigenvalue weighted by molar-refractivity contribution is -0.137. The van der Waals surface area contributed by atoms with E-state index >= 15 is 0 Å². The molecule has 1 aromatic carbocycles. The summed E-state index contributed by atoms with van der Waals surface area (Å²) in [5.74, 6) is -1.14. The van der Waals surface area contributed by atoms with Crippen LogP contribution >= 0.6 is 22.9 Å². The number of thiophene rings is 1. The molecule has 1 aromatic heterocycles. The van der Waals surface area contributed by atoms with Crippen molar-refractivity contribution in [3.05, 3.63) is 34.2 Å². The van der Waals surface area contributed by atoms with E-state index in [1.54, 1.807) is 13.8 Å². The third-order valence-electron chi connectivity index (χ3n) is 3.16. The Morgan fingerprint density at radius 1 is 1.33 bits per heavy atom. The number of halogens is 1. The average Bonchev–Trinajstić information content (AvgIpc) is 2.74. The summed E-state index contributed by atoms with van der Waals surface area (Å²) < 4.78 is 0.955. The van der Waals surface area contributed by atoms with Gasteiger partial charge in [-0.05, 0) is 26.3 Å². The summed E-state index contributed by atoms with van der Waals surface area (Å²) in [6.45, 7) is 3.60. The highest BCUT2D eigenvalue weighted by atomic mass is 35.5. The van der Waals surface area contributed by atoms with Crippen LogP contribution in [0.15, 0.2) is 24.3 Å². The molecule has 0 aliphatic rings. The first-order valence-electron chi connectivity index (χ1n) is 6.51. The molecule has 0 bridgehead atoms. The third-order valence-corrected chi connectivity index (χ3v) is 4.83. The number of amides is 1. The number of carbonyl (C=O) groups excluding carboxylic acids is 1. The molecule has 0 saturated carbocycles. The molecule has 4 nitrogen and oxygen atoms in total. The van der Waals surface area contributed by atoms with Crippen molar-refractivity contribution in [1.29, 1.82) is 0 Å². The van der Waals surface area contributed by atoms with Gasteiger partial charge in [-0.15, -0.1) is 11.3 Å². The number of hydrogen-bond donors (Lipinski definition) is 2. The minimum Gasteiger partial charge on any atom is -0.481 e. The number of carboxylic acids is 1. The summed E-state index contributed by atoms with van der Waals surface area (Å²) in [5.41, 5.74) is -0.602. The molecule has 1 heterocycles. The average molecular weight is 326 g/mol. The highest BCUT2D eigenvalue weighted by molar-refractivity contribution is 7.21. The molecule has 0 saturated heterocycles. The second-order valence-corrected chi connectivity index (χ2v) is 6.90. The Morgan fingerprint density at radius 2 is 2.00 bits per heavy atom. The van der Waals surface area contributed by atoms with Crippen LogP contribution in [-0.2, 0) is 4.79 Å². The minimum absolute atomic E-state index is 0.00737. The van der Waals surface area contributed by atoms with E-state index in [9.17, 15) is 9.59 Å². The van der Waals surface area contributed by atoms with Gasteiger partial charge in [-0.25, -0.2) is 0 Å². The smallest absolute Gasteiger partial charge is 0.303 e. The van der Waals surface area contributed by atoms with Crippen LogP contribution in [0.5, 0.6) is 0 Å². The molecule has 2 rings (SSSR count). The second kappa shape index (κ2) is 6.03. The zero-order chi connectivity index (χ0) is 15.6. The molecule has 0 aliphatic carbocycles. The van der Waals surface area contributed by atoms with Crippen molar-refractivity contribution in [3.8, 4) is 0 Å². The summed E-state index contributed by atoms with van der Waals surface area (Å²) in [5, 5.41) is 12.9. The Labute approximate surface area is 131 Å². The van der Waals surface area contributed by atoms with Crippen molar-refractivity contribution in [2.45, 2.75) is 32.2 Å². The largest absolute Gasteiger partial charge is 0.481 e. The number of carbonyl (C=O) groups is 2. The van der Waals surface area contributed by atoms with Crippen molar-refractivity contribution in [2.75, 3.05) is 0 Å². The minimum atomic E-state index is -0.878. The number of aliphatic carboxylic acids is 1. The molecule has 2 N–H and O–H groups in total. The van der Waals surface area contributed by atoms with Gasteiger partial charge < -0.3 is 10.4 Å². The van der Waals surface area contributed by atoms with Crippen molar-refractivity contribution in [2.24, 2.45) is 0 Å². The molecule has 0 unspecified atom stereocenters. The number of benzene rings is 1. The predicted molar refractivity (Wildman–Crippen MR) is 85.3 cm³/mol. The van der Waals surface area contributed by atoms with E-state index in [0.717, 1.165) is 10.1 Å². The topological polar surface area (TPSA) is 66.4 Å². The third kappa shape index (κ3) is 3.74. The number of carboxylic acid groups (broad SMARTS) is 1. The molecule has 112 valence electrons. The van der Waals surface area contributed by atoms with Gasteiger partial charge in [-0.2, -0.15) is 0 Å². The standard InChI is InChI=1S/C15H16ClNO3S/c1-15(2,8-7-11(18)19)17-14(20)13-12(16)9-5-3-4-6-10(9)21-13/h3-6H,7-8H2,1-2H3,(H,17,20)(H,18,19). The fourth-order valence-electron chi connectivity index (χ4n) is 2.01. The molecule has 21 heavy (non-hydrogen) atoms. The van der Waals surface area contributed by atoms with Crippen molar-refractivity contribution in [3.63, 3.8) is 0 Å². The first kappa shape index (κ1) is 15.8. The summed E-state index contributed by atoms with van der Waals surface area (Å²) in [6.07, 6.45) is 0.365. The van der Waals surface area contributed by atoms with Crippen LogP contribution in [0, 0.1) is 0 Å². The molecular weight excluding hydrogens is 310 g/mol.